The van der Waals surface area contributed by atoms with E-state index >= 15 is 0 Å². The maximum absolute atomic E-state index is 13.8. The van der Waals surface area contributed by atoms with E-state index in [0.29, 0.717) is 24.5 Å². The van der Waals surface area contributed by atoms with Crippen LogP contribution in [0.15, 0.2) is 61.1 Å². The van der Waals surface area contributed by atoms with Gasteiger partial charge in [0.2, 0.25) is 0 Å². The van der Waals surface area contributed by atoms with Crippen molar-refractivity contribution in [2.24, 2.45) is 5.92 Å². The largest absolute Gasteiger partial charge is 0.417 e. The fourth-order valence-corrected chi connectivity index (χ4v) is 4.46. The molecule has 1 aliphatic heterocycles. The fraction of sp³-hybridized carbons (Fsp3) is 0.346. The molecule has 2 aromatic heterocycles. The van der Waals surface area contributed by atoms with E-state index in [1.54, 1.807) is 12.4 Å². The lowest BCUT2D eigenvalue weighted by Gasteiger charge is -2.40. The first-order chi connectivity index (χ1) is 16.2. The van der Waals surface area contributed by atoms with Crippen molar-refractivity contribution in [1.82, 2.24) is 14.9 Å². The van der Waals surface area contributed by atoms with Crippen molar-refractivity contribution in [3.63, 3.8) is 0 Å². The summed E-state index contributed by atoms with van der Waals surface area (Å²) >= 11 is 0. The van der Waals surface area contributed by atoms with E-state index in [-0.39, 0.29) is 17.9 Å². The van der Waals surface area contributed by atoms with Crippen LogP contribution in [0.25, 0.3) is 11.1 Å². The van der Waals surface area contributed by atoms with Crippen molar-refractivity contribution in [2.75, 3.05) is 18.4 Å². The molecule has 1 fully saturated rings. The predicted molar refractivity (Wildman–Crippen MR) is 125 cm³/mol. The third-order valence-electron chi connectivity index (χ3n) is 6.36. The molecule has 0 saturated carbocycles. The Kier molecular flexibility index (Phi) is 6.86. The number of nitrogens with zero attached hydrogens (tertiary/aromatic N) is 3. The Hall–Kier alpha value is -3.42. The summed E-state index contributed by atoms with van der Waals surface area (Å²) in [6.45, 7) is 5.09. The molecule has 2 atom stereocenters. The summed E-state index contributed by atoms with van der Waals surface area (Å²) in [5.41, 5.74) is 2.62. The van der Waals surface area contributed by atoms with Crippen LogP contribution >= 0.6 is 0 Å². The second-order valence-corrected chi connectivity index (χ2v) is 8.78. The van der Waals surface area contributed by atoms with Crippen LogP contribution in [-0.4, -0.2) is 39.9 Å². The molecule has 1 aliphatic rings. The van der Waals surface area contributed by atoms with Crippen molar-refractivity contribution >= 4 is 11.7 Å². The molecule has 1 N–H and O–H groups in total. The number of hydrogen-bond donors (Lipinski definition) is 1. The van der Waals surface area contributed by atoms with Crippen LogP contribution in [0, 0.1) is 12.8 Å². The number of alkyl halides is 3. The first-order valence-electron chi connectivity index (χ1n) is 11.3. The molecule has 3 heterocycles. The minimum Gasteiger partial charge on any atom is -0.368 e. The summed E-state index contributed by atoms with van der Waals surface area (Å²) in [5.74, 6) is 0.536. The van der Waals surface area contributed by atoms with Gasteiger partial charge < -0.3 is 10.2 Å². The number of hydrogen-bond acceptors (Lipinski definition) is 4. The van der Waals surface area contributed by atoms with Gasteiger partial charge in [0.15, 0.2) is 0 Å². The number of carbonyl (C=O) groups is 1. The monoisotopic (exact) mass is 468 g/mol. The molecule has 5 nitrogen and oxygen atoms in total. The highest BCUT2D eigenvalue weighted by Crippen LogP contribution is 2.31. The van der Waals surface area contributed by atoms with Crippen molar-refractivity contribution in [3.05, 3.63) is 77.7 Å². The van der Waals surface area contributed by atoms with Gasteiger partial charge in [0.05, 0.1) is 11.6 Å². The average Bonchev–Trinajstić information content (AvgIpc) is 2.83. The number of carbonyl (C=O) groups excluding carboxylic acids is 1. The third kappa shape index (κ3) is 5.21. The van der Waals surface area contributed by atoms with Gasteiger partial charge >= 0.3 is 6.18 Å². The maximum Gasteiger partial charge on any atom is 0.417 e. The molecular formula is C26H27F3N4O. The molecule has 0 radical (unpaired) electrons. The van der Waals surface area contributed by atoms with Gasteiger partial charge in [0.25, 0.3) is 5.91 Å². The molecule has 0 bridgehead atoms. The molecule has 34 heavy (non-hydrogen) atoms. The number of nitrogens with one attached hydrogen (secondary N) is 1. The van der Waals surface area contributed by atoms with E-state index in [4.69, 9.17) is 0 Å². The third-order valence-corrected chi connectivity index (χ3v) is 6.36. The summed E-state index contributed by atoms with van der Waals surface area (Å²) in [7, 11) is 0. The van der Waals surface area contributed by atoms with Gasteiger partial charge in [-0.1, -0.05) is 24.6 Å². The Labute approximate surface area is 197 Å². The standard InChI is InChI=1S/C26H27F3N4O/c1-17-5-7-21(19-9-11-30-12-10-19)22(14-17)25(34)33-13-3-4-18(2)23(33)16-32-24-8-6-20(15-31-24)26(27,28)29/h5-12,14-15,18,23H,3-4,13,16H2,1-2H3,(H,31,32)/t18-,23-/m1/s1. The van der Waals surface area contributed by atoms with Crippen LogP contribution in [0.4, 0.5) is 19.0 Å². The van der Waals surface area contributed by atoms with E-state index in [9.17, 15) is 18.0 Å². The van der Waals surface area contributed by atoms with E-state index in [0.717, 1.165) is 41.8 Å². The van der Waals surface area contributed by atoms with Crippen molar-refractivity contribution in [3.8, 4) is 11.1 Å². The average molecular weight is 469 g/mol. The number of aryl methyl sites for hydroxylation is 1. The van der Waals surface area contributed by atoms with Crippen LogP contribution < -0.4 is 5.32 Å². The molecule has 0 unspecified atom stereocenters. The molecule has 8 heteroatoms. The van der Waals surface area contributed by atoms with E-state index in [1.165, 1.54) is 6.07 Å². The molecule has 1 aromatic carbocycles. The molecule has 178 valence electrons. The molecule has 1 amide bonds. The number of piperidine rings is 1. The van der Waals surface area contributed by atoms with Gasteiger partial charge in [-0.2, -0.15) is 13.2 Å². The van der Waals surface area contributed by atoms with Crippen LogP contribution in [0.3, 0.4) is 0 Å². The molecule has 0 spiro atoms. The molecule has 4 rings (SSSR count). The van der Waals surface area contributed by atoms with Crippen molar-refractivity contribution in [2.45, 2.75) is 38.9 Å². The number of aromatic nitrogens is 2. The minimum absolute atomic E-state index is 0.0470. The summed E-state index contributed by atoms with van der Waals surface area (Å²) in [6, 6.07) is 11.9. The predicted octanol–water partition coefficient (Wildman–Crippen LogP) is 5.82. The lowest BCUT2D eigenvalue weighted by Crippen LogP contribution is -2.51. The first-order valence-corrected chi connectivity index (χ1v) is 11.3. The number of rotatable bonds is 5. The normalized spacial score (nSPS) is 18.6. The van der Waals surface area contributed by atoms with E-state index < -0.39 is 11.7 Å². The highest BCUT2D eigenvalue weighted by Gasteiger charge is 2.34. The lowest BCUT2D eigenvalue weighted by atomic mass is 9.89. The van der Waals surface area contributed by atoms with E-state index in [1.807, 2.05) is 42.2 Å². The Balaban J connectivity index is 1.57. The van der Waals surface area contributed by atoms with Crippen LogP contribution in [0.5, 0.6) is 0 Å². The molecular weight excluding hydrogens is 441 g/mol. The lowest BCUT2D eigenvalue weighted by molar-refractivity contribution is -0.137. The Morgan fingerprint density at radius 1 is 1.15 bits per heavy atom. The smallest absolute Gasteiger partial charge is 0.368 e. The minimum atomic E-state index is -4.42. The highest BCUT2D eigenvalue weighted by molar-refractivity contribution is 6.01. The zero-order chi connectivity index (χ0) is 24.3. The maximum atomic E-state index is 13.8. The Morgan fingerprint density at radius 2 is 1.91 bits per heavy atom. The number of anilines is 1. The number of halogens is 3. The summed E-state index contributed by atoms with van der Waals surface area (Å²) in [6.07, 6.45) is 1.68. The number of benzene rings is 1. The van der Waals surface area contributed by atoms with Crippen molar-refractivity contribution in [1.29, 1.82) is 0 Å². The number of pyridine rings is 2. The summed E-state index contributed by atoms with van der Waals surface area (Å²) in [4.78, 5) is 23.7. The van der Waals surface area contributed by atoms with Gasteiger partial charge in [-0.15, -0.1) is 0 Å². The van der Waals surface area contributed by atoms with Gasteiger partial charge in [0, 0.05) is 37.2 Å². The fourth-order valence-electron chi connectivity index (χ4n) is 4.46. The zero-order valence-electron chi connectivity index (χ0n) is 19.1. The summed E-state index contributed by atoms with van der Waals surface area (Å²) < 4.78 is 38.5. The molecule has 3 aromatic rings. The van der Waals surface area contributed by atoms with Crippen LogP contribution in [-0.2, 0) is 6.18 Å². The first kappa shape index (κ1) is 23.7. The van der Waals surface area contributed by atoms with Gasteiger partial charge in [-0.25, -0.2) is 4.98 Å². The van der Waals surface area contributed by atoms with Gasteiger partial charge in [-0.05, 0) is 67.1 Å². The Bertz CT molecular complexity index is 1130. The van der Waals surface area contributed by atoms with Crippen LogP contribution in [0.1, 0.15) is 41.3 Å². The summed E-state index contributed by atoms with van der Waals surface area (Å²) in [5, 5.41) is 3.14. The second kappa shape index (κ2) is 9.83. The molecule has 0 aliphatic carbocycles. The Morgan fingerprint density at radius 3 is 2.59 bits per heavy atom. The quantitative estimate of drug-likeness (QED) is 0.512. The zero-order valence-corrected chi connectivity index (χ0v) is 19.1. The second-order valence-electron chi connectivity index (χ2n) is 8.78. The van der Waals surface area contributed by atoms with Crippen LogP contribution in [0.2, 0.25) is 0 Å². The number of amides is 1. The SMILES string of the molecule is Cc1ccc(-c2ccncc2)c(C(=O)N2CCC[C@@H](C)[C@H]2CNc2ccc(C(F)(F)F)cn2)c1. The van der Waals surface area contributed by atoms with Crippen molar-refractivity contribution < 1.29 is 18.0 Å². The number of likely N-dealkylation sites (tertiary alicyclic amines) is 1. The highest BCUT2D eigenvalue weighted by atomic mass is 19.4. The van der Waals surface area contributed by atoms with E-state index in [2.05, 4.69) is 22.2 Å². The van der Waals surface area contributed by atoms with Gasteiger partial charge in [0.1, 0.15) is 5.82 Å². The molecule has 1 saturated heterocycles. The topological polar surface area (TPSA) is 58.1 Å². The van der Waals surface area contributed by atoms with Gasteiger partial charge in [-0.3, -0.25) is 9.78 Å².